The van der Waals surface area contributed by atoms with E-state index in [2.05, 4.69) is 20.9 Å². The summed E-state index contributed by atoms with van der Waals surface area (Å²) >= 11 is 7.21. The lowest BCUT2D eigenvalue weighted by molar-refractivity contribution is -0.115. The smallest absolute Gasteiger partial charge is 0.264 e. The van der Waals surface area contributed by atoms with Crippen molar-refractivity contribution >= 4 is 46.2 Å². The fraction of sp³-hybridized carbons (Fsp3) is 0.103. The van der Waals surface area contributed by atoms with Gasteiger partial charge in [0.05, 0.1) is 10.6 Å². The van der Waals surface area contributed by atoms with Crippen LogP contribution in [0, 0.1) is 19.7 Å². The Hall–Kier alpha value is -3.81. The second kappa shape index (κ2) is 10.7. The molecule has 0 aliphatic carbocycles. The number of ether oxygens (including phenoxy) is 1. The minimum atomic E-state index is -0.330. The normalized spacial score (nSPS) is 15.4. The largest absolute Gasteiger partial charge is 0.489 e. The molecule has 2 heterocycles. The number of carbonyl (C=O) groups is 1. The van der Waals surface area contributed by atoms with E-state index >= 15 is 0 Å². The number of hydrogen-bond acceptors (Lipinski definition) is 4. The summed E-state index contributed by atoms with van der Waals surface area (Å²) in [5.74, 6) is 0.233. The molecule has 5 nitrogen and oxygen atoms in total. The van der Waals surface area contributed by atoms with Gasteiger partial charge >= 0.3 is 0 Å². The van der Waals surface area contributed by atoms with E-state index in [1.165, 1.54) is 23.9 Å². The molecule has 5 rings (SSSR count). The molecular weight excluding hydrogens is 509 g/mol. The maximum absolute atomic E-state index is 13.1. The van der Waals surface area contributed by atoms with Crippen LogP contribution in [0.15, 0.2) is 88.8 Å². The predicted octanol–water partition coefficient (Wildman–Crippen LogP) is 7.36. The average Bonchev–Trinajstić information content (AvgIpc) is 3.37. The molecule has 8 heteroatoms. The van der Waals surface area contributed by atoms with Crippen LogP contribution < -0.4 is 10.1 Å². The molecule has 3 aromatic carbocycles. The monoisotopic (exact) mass is 531 g/mol. The molecule has 0 atom stereocenters. The first kappa shape index (κ1) is 24.9. The van der Waals surface area contributed by atoms with Crippen molar-refractivity contribution in [3.63, 3.8) is 0 Å². The number of aliphatic imine (C=N–C) groups is 1. The summed E-state index contributed by atoms with van der Waals surface area (Å²) in [5, 5.41) is 3.94. The molecule has 1 fully saturated rings. The van der Waals surface area contributed by atoms with Gasteiger partial charge in [-0.05, 0) is 110 Å². The Bertz CT molecular complexity index is 1510. The zero-order valence-electron chi connectivity index (χ0n) is 20.2. The summed E-state index contributed by atoms with van der Waals surface area (Å²) in [6.45, 7) is 4.51. The number of nitrogens with one attached hydrogen (secondary N) is 1. The van der Waals surface area contributed by atoms with Crippen LogP contribution in [0.4, 0.5) is 10.1 Å². The number of halogens is 2. The fourth-order valence-electron chi connectivity index (χ4n) is 4.02. The summed E-state index contributed by atoms with van der Waals surface area (Å²) in [6.07, 6.45) is 1.87. The lowest BCUT2D eigenvalue weighted by atomic mass is 10.2. The van der Waals surface area contributed by atoms with Crippen LogP contribution in [0.25, 0.3) is 11.8 Å². The molecule has 1 aliphatic rings. The summed E-state index contributed by atoms with van der Waals surface area (Å²) in [5.41, 5.74) is 5.62. The molecule has 0 saturated carbocycles. The lowest BCUT2D eigenvalue weighted by Gasteiger charge is -2.11. The molecule has 4 aromatic rings. The summed E-state index contributed by atoms with van der Waals surface area (Å²) in [7, 11) is 0. The van der Waals surface area contributed by atoms with Gasteiger partial charge in [-0.1, -0.05) is 23.7 Å². The number of thioether (sulfide) groups is 1. The van der Waals surface area contributed by atoms with E-state index < -0.39 is 0 Å². The molecule has 1 N–H and O–H groups in total. The highest BCUT2D eigenvalue weighted by Gasteiger charge is 2.24. The molecule has 186 valence electrons. The van der Waals surface area contributed by atoms with Gasteiger partial charge in [0.25, 0.3) is 5.91 Å². The lowest BCUT2D eigenvalue weighted by Crippen LogP contribution is -2.19. The molecule has 1 aliphatic heterocycles. The van der Waals surface area contributed by atoms with Crippen LogP contribution in [0.3, 0.4) is 0 Å². The number of carbonyl (C=O) groups excluding carboxylic acids is 1. The number of aryl methyl sites for hydroxylation is 1. The minimum Gasteiger partial charge on any atom is -0.489 e. The molecule has 0 spiro atoms. The number of hydrogen-bond donors (Lipinski definition) is 1. The molecule has 1 saturated heterocycles. The van der Waals surface area contributed by atoms with Crippen LogP contribution in [0.2, 0.25) is 5.02 Å². The summed E-state index contributed by atoms with van der Waals surface area (Å²) in [4.78, 5) is 17.5. The van der Waals surface area contributed by atoms with Crippen molar-refractivity contribution in [1.29, 1.82) is 0 Å². The number of amides is 1. The van der Waals surface area contributed by atoms with Gasteiger partial charge in [0.15, 0.2) is 5.17 Å². The van der Waals surface area contributed by atoms with Crippen molar-refractivity contribution in [2.45, 2.75) is 20.5 Å². The van der Waals surface area contributed by atoms with E-state index in [9.17, 15) is 9.18 Å². The van der Waals surface area contributed by atoms with Crippen LogP contribution >= 0.6 is 23.4 Å². The van der Waals surface area contributed by atoms with E-state index in [0.717, 1.165) is 34.0 Å². The van der Waals surface area contributed by atoms with Crippen molar-refractivity contribution < 1.29 is 13.9 Å². The molecule has 1 aromatic heterocycles. The van der Waals surface area contributed by atoms with E-state index in [0.29, 0.717) is 27.4 Å². The van der Waals surface area contributed by atoms with E-state index in [1.807, 2.05) is 68.5 Å². The molecule has 1 amide bonds. The van der Waals surface area contributed by atoms with Gasteiger partial charge in [0, 0.05) is 22.1 Å². The zero-order chi connectivity index (χ0) is 25.9. The van der Waals surface area contributed by atoms with Crippen molar-refractivity contribution in [1.82, 2.24) is 9.88 Å². The van der Waals surface area contributed by atoms with Crippen molar-refractivity contribution in [2.75, 3.05) is 0 Å². The van der Waals surface area contributed by atoms with E-state index in [4.69, 9.17) is 16.3 Å². The number of rotatable bonds is 6. The van der Waals surface area contributed by atoms with Crippen LogP contribution in [-0.2, 0) is 11.4 Å². The second-order valence-electron chi connectivity index (χ2n) is 8.53. The van der Waals surface area contributed by atoms with Crippen LogP contribution in [0.5, 0.6) is 5.75 Å². The SMILES string of the molecule is Cc1cc(C=C2SC(=Nc3ccc(F)cc3)NC2=O)c(C)n1-c1ccc(OCc2ccc(Cl)cc2)cc1. The Morgan fingerprint density at radius 2 is 1.73 bits per heavy atom. The Morgan fingerprint density at radius 1 is 1.03 bits per heavy atom. The van der Waals surface area contributed by atoms with Gasteiger partial charge in [0.1, 0.15) is 18.2 Å². The number of amidine groups is 1. The fourth-order valence-corrected chi connectivity index (χ4v) is 4.98. The summed E-state index contributed by atoms with van der Waals surface area (Å²) in [6, 6.07) is 23.4. The number of nitrogens with zero attached hydrogens (tertiary/aromatic N) is 2. The third-order valence-corrected chi connectivity index (χ3v) is 7.04. The van der Waals surface area contributed by atoms with Gasteiger partial charge < -0.3 is 14.6 Å². The van der Waals surface area contributed by atoms with Gasteiger partial charge in [-0.25, -0.2) is 9.38 Å². The quantitative estimate of drug-likeness (QED) is 0.264. The average molecular weight is 532 g/mol. The third kappa shape index (κ3) is 5.79. The Balaban J connectivity index is 1.31. The van der Waals surface area contributed by atoms with E-state index in [1.54, 1.807) is 12.1 Å². The van der Waals surface area contributed by atoms with Crippen LogP contribution in [-0.4, -0.2) is 15.6 Å². The molecule has 0 bridgehead atoms. The zero-order valence-corrected chi connectivity index (χ0v) is 21.7. The highest BCUT2D eigenvalue weighted by molar-refractivity contribution is 8.18. The maximum atomic E-state index is 13.1. The van der Waals surface area contributed by atoms with Gasteiger partial charge in [-0.2, -0.15) is 0 Å². The first-order valence-electron chi connectivity index (χ1n) is 11.6. The first-order valence-corrected chi connectivity index (χ1v) is 12.8. The van der Waals surface area contributed by atoms with Crippen molar-refractivity contribution in [3.8, 4) is 11.4 Å². The Labute approximate surface area is 223 Å². The van der Waals surface area contributed by atoms with Gasteiger partial charge in [-0.15, -0.1) is 0 Å². The molecular formula is C29H23ClFN3O2S. The molecule has 0 radical (unpaired) electrons. The highest BCUT2D eigenvalue weighted by atomic mass is 35.5. The van der Waals surface area contributed by atoms with E-state index in [-0.39, 0.29) is 11.7 Å². The van der Waals surface area contributed by atoms with Crippen molar-refractivity contribution in [3.05, 3.63) is 117 Å². The Kier molecular flexibility index (Phi) is 7.17. The topological polar surface area (TPSA) is 55.6 Å². The number of aromatic nitrogens is 1. The minimum absolute atomic E-state index is 0.210. The summed E-state index contributed by atoms with van der Waals surface area (Å²) < 4.78 is 21.2. The first-order chi connectivity index (χ1) is 17.9. The number of benzene rings is 3. The van der Waals surface area contributed by atoms with Gasteiger partial charge in [0.2, 0.25) is 0 Å². The predicted molar refractivity (Wildman–Crippen MR) is 148 cm³/mol. The molecule has 37 heavy (non-hydrogen) atoms. The standard InChI is InChI=1S/C29H23ClFN3O2S/c1-18-15-21(16-27-28(35)33-29(37-27)32-24-9-7-23(31)8-10-24)19(2)34(18)25-11-13-26(14-12-25)36-17-20-3-5-22(30)6-4-20/h3-16H,17H2,1-2H3,(H,32,33,35). The molecule has 0 unspecified atom stereocenters. The van der Waals surface area contributed by atoms with Crippen LogP contribution in [0.1, 0.15) is 22.5 Å². The van der Waals surface area contributed by atoms with Crippen molar-refractivity contribution in [2.24, 2.45) is 4.99 Å². The highest BCUT2D eigenvalue weighted by Crippen LogP contribution is 2.31. The third-order valence-electron chi connectivity index (χ3n) is 5.88. The Morgan fingerprint density at radius 3 is 2.43 bits per heavy atom. The maximum Gasteiger partial charge on any atom is 0.264 e. The van der Waals surface area contributed by atoms with Gasteiger partial charge in [-0.3, -0.25) is 4.79 Å². The second-order valence-corrected chi connectivity index (χ2v) is 10.00.